The first-order valence-electron chi connectivity index (χ1n) is 5.90. The minimum Gasteiger partial charge on any atom is -0.496 e. The first kappa shape index (κ1) is 14.7. The smallest absolute Gasteiger partial charge is 0.124 e. The van der Waals surface area contributed by atoms with Crippen LogP contribution >= 0.6 is 34.5 Å². The number of halogens is 2. The van der Waals surface area contributed by atoms with Gasteiger partial charge in [0.1, 0.15) is 5.75 Å². The van der Waals surface area contributed by atoms with Crippen molar-refractivity contribution in [1.82, 2.24) is 5.32 Å². The van der Waals surface area contributed by atoms with E-state index in [0.29, 0.717) is 11.6 Å². The number of hydrogen-bond donors (Lipinski definition) is 1. The van der Waals surface area contributed by atoms with Crippen molar-refractivity contribution in [1.29, 1.82) is 0 Å². The van der Waals surface area contributed by atoms with E-state index in [1.165, 1.54) is 16.9 Å². The Bertz CT molecular complexity index is 556. The lowest BCUT2D eigenvalue weighted by Gasteiger charge is -2.15. The zero-order chi connectivity index (χ0) is 13.8. The van der Waals surface area contributed by atoms with Crippen molar-refractivity contribution in [3.8, 4) is 5.75 Å². The highest BCUT2D eigenvalue weighted by Crippen LogP contribution is 2.28. The van der Waals surface area contributed by atoms with E-state index in [1.54, 1.807) is 7.11 Å². The van der Waals surface area contributed by atoms with Crippen LogP contribution in [0, 0.1) is 0 Å². The van der Waals surface area contributed by atoms with Crippen molar-refractivity contribution in [2.75, 3.05) is 7.11 Å². The van der Waals surface area contributed by atoms with Crippen molar-refractivity contribution in [2.45, 2.75) is 19.5 Å². The average molecular weight is 316 g/mol. The molecule has 5 heteroatoms. The van der Waals surface area contributed by atoms with Gasteiger partial charge in [-0.2, -0.15) is 0 Å². The van der Waals surface area contributed by atoms with Crippen LogP contribution in [0.15, 0.2) is 29.6 Å². The van der Waals surface area contributed by atoms with E-state index in [4.69, 9.17) is 27.9 Å². The minimum atomic E-state index is 0.213. The summed E-state index contributed by atoms with van der Waals surface area (Å²) in [4.78, 5) is 0. The van der Waals surface area contributed by atoms with E-state index in [-0.39, 0.29) is 6.04 Å². The molecule has 0 aliphatic carbocycles. The number of methoxy groups -OCH3 is 1. The maximum absolute atomic E-state index is 6.20. The van der Waals surface area contributed by atoms with Crippen molar-refractivity contribution in [2.24, 2.45) is 0 Å². The summed E-state index contributed by atoms with van der Waals surface area (Å²) in [5, 5.41) is 6.20. The number of rotatable bonds is 5. The van der Waals surface area contributed by atoms with E-state index in [2.05, 4.69) is 17.6 Å². The van der Waals surface area contributed by atoms with Crippen LogP contribution in [0.4, 0.5) is 0 Å². The maximum Gasteiger partial charge on any atom is 0.124 e. The summed E-state index contributed by atoms with van der Waals surface area (Å²) < 4.78 is 6.13. The molecule has 0 bridgehead atoms. The topological polar surface area (TPSA) is 21.3 Å². The summed E-state index contributed by atoms with van der Waals surface area (Å²) in [5.41, 5.74) is 2.15. The molecule has 1 heterocycles. The highest BCUT2D eigenvalue weighted by molar-refractivity contribution is 7.14. The van der Waals surface area contributed by atoms with Crippen molar-refractivity contribution >= 4 is 34.5 Å². The van der Waals surface area contributed by atoms with Gasteiger partial charge >= 0.3 is 0 Å². The van der Waals surface area contributed by atoms with Crippen LogP contribution in [0.25, 0.3) is 0 Å². The normalized spacial score (nSPS) is 12.4. The predicted molar refractivity (Wildman–Crippen MR) is 82.6 cm³/mol. The van der Waals surface area contributed by atoms with Crippen molar-refractivity contribution in [3.63, 3.8) is 0 Å². The molecule has 1 N–H and O–H groups in total. The molecule has 2 nitrogen and oxygen atoms in total. The highest BCUT2D eigenvalue weighted by atomic mass is 35.5. The molecule has 0 aliphatic rings. The Morgan fingerprint density at radius 1 is 1.37 bits per heavy atom. The van der Waals surface area contributed by atoms with Gasteiger partial charge in [-0.1, -0.05) is 29.3 Å². The molecule has 0 radical (unpaired) electrons. The summed E-state index contributed by atoms with van der Waals surface area (Å²) >= 11 is 13.7. The van der Waals surface area contributed by atoms with Gasteiger partial charge in [0.05, 0.1) is 11.4 Å². The van der Waals surface area contributed by atoms with Gasteiger partial charge in [-0.15, -0.1) is 11.3 Å². The number of nitrogens with one attached hydrogen (secondary N) is 1. The van der Waals surface area contributed by atoms with Crippen LogP contribution in [0.1, 0.15) is 24.1 Å². The summed E-state index contributed by atoms with van der Waals surface area (Å²) in [5.74, 6) is 0.801. The van der Waals surface area contributed by atoms with E-state index in [9.17, 15) is 0 Å². The third-order valence-corrected chi connectivity index (χ3v) is 4.43. The van der Waals surface area contributed by atoms with Gasteiger partial charge in [0.2, 0.25) is 0 Å². The fraction of sp³-hybridized carbons (Fsp3) is 0.286. The van der Waals surface area contributed by atoms with E-state index < -0.39 is 0 Å². The zero-order valence-electron chi connectivity index (χ0n) is 10.7. The summed E-state index contributed by atoms with van der Waals surface area (Å²) in [7, 11) is 1.65. The molecule has 0 aliphatic heterocycles. The fourth-order valence-electron chi connectivity index (χ4n) is 1.83. The third-order valence-electron chi connectivity index (χ3n) is 2.97. The van der Waals surface area contributed by atoms with E-state index >= 15 is 0 Å². The number of benzene rings is 1. The molecular formula is C14H15Cl2NOS. The van der Waals surface area contributed by atoms with Crippen LogP contribution in [-0.4, -0.2) is 7.11 Å². The van der Waals surface area contributed by atoms with Crippen molar-refractivity contribution < 1.29 is 4.74 Å². The highest BCUT2D eigenvalue weighted by Gasteiger charge is 2.11. The molecule has 1 atom stereocenters. The standard InChI is InChI=1S/C14H15Cl2NOS/c1-9(10-6-14(16)19-8-10)17-7-11-12(15)4-3-5-13(11)18-2/h3-6,8-9,17H,7H2,1-2H3. The van der Waals surface area contributed by atoms with Gasteiger partial charge < -0.3 is 10.1 Å². The monoisotopic (exact) mass is 315 g/mol. The van der Waals surface area contributed by atoms with Crippen molar-refractivity contribution in [3.05, 3.63) is 50.1 Å². The molecule has 0 saturated carbocycles. The lowest BCUT2D eigenvalue weighted by molar-refractivity contribution is 0.406. The second kappa shape index (κ2) is 6.62. The van der Waals surface area contributed by atoms with Gasteiger partial charge in [0, 0.05) is 23.2 Å². The van der Waals surface area contributed by atoms with Gasteiger partial charge in [0.15, 0.2) is 0 Å². The summed E-state index contributed by atoms with van der Waals surface area (Å²) in [6.45, 7) is 2.75. The van der Waals surface area contributed by atoms with Crippen LogP contribution in [0.5, 0.6) is 5.75 Å². The molecule has 0 fully saturated rings. The molecule has 1 aromatic heterocycles. The molecule has 1 aromatic carbocycles. The van der Waals surface area contributed by atoms with Gasteiger partial charge in [-0.05, 0) is 36.1 Å². The molecule has 0 amide bonds. The number of ether oxygens (including phenoxy) is 1. The molecular weight excluding hydrogens is 301 g/mol. The SMILES string of the molecule is COc1cccc(Cl)c1CNC(C)c1csc(Cl)c1. The van der Waals surface area contributed by atoms with Gasteiger partial charge in [-0.25, -0.2) is 0 Å². The Labute approximate surface area is 127 Å². The van der Waals surface area contributed by atoms with Crippen LogP contribution < -0.4 is 10.1 Å². The molecule has 0 saturated heterocycles. The van der Waals surface area contributed by atoms with E-state index in [1.807, 2.05) is 24.3 Å². The zero-order valence-corrected chi connectivity index (χ0v) is 13.1. The number of thiophene rings is 1. The van der Waals surface area contributed by atoms with Crippen LogP contribution in [0.2, 0.25) is 9.36 Å². The Morgan fingerprint density at radius 2 is 2.16 bits per heavy atom. The first-order valence-corrected chi connectivity index (χ1v) is 7.54. The Balaban J connectivity index is 2.06. The van der Waals surface area contributed by atoms with Gasteiger partial charge in [0.25, 0.3) is 0 Å². The Kier molecular flexibility index (Phi) is 5.11. The molecule has 0 spiro atoms. The van der Waals surface area contributed by atoms with Gasteiger partial charge in [-0.3, -0.25) is 0 Å². The maximum atomic E-state index is 6.20. The third kappa shape index (κ3) is 3.63. The number of hydrogen-bond acceptors (Lipinski definition) is 3. The average Bonchev–Trinajstić information content (AvgIpc) is 2.83. The molecule has 19 heavy (non-hydrogen) atoms. The Morgan fingerprint density at radius 3 is 2.79 bits per heavy atom. The molecule has 1 unspecified atom stereocenters. The lowest BCUT2D eigenvalue weighted by Crippen LogP contribution is -2.18. The van der Waals surface area contributed by atoms with Crippen LogP contribution in [-0.2, 0) is 6.54 Å². The fourth-order valence-corrected chi connectivity index (χ4v) is 3.04. The second-order valence-electron chi connectivity index (χ2n) is 4.21. The Hall–Kier alpha value is -0.740. The molecule has 2 rings (SSSR count). The lowest BCUT2D eigenvalue weighted by atomic mass is 10.1. The largest absolute Gasteiger partial charge is 0.496 e. The first-order chi connectivity index (χ1) is 9.11. The molecule has 2 aromatic rings. The second-order valence-corrected chi connectivity index (χ2v) is 6.16. The predicted octanol–water partition coefficient (Wildman–Crippen LogP) is 4.91. The molecule has 102 valence electrons. The van der Waals surface area contributed by atoms with E-state index in [0.717, 1.165) is 15.6 Å². The van der Waals surface area contributed by atoms with Crippen LogP contribution in [0.3, 0.4) is 0 Å². The quantitative estimate of drug-likeness (QED) is 0.846. The summed E-state index contributed by atoms with van der Waals surface area (Å²) in [6, 6.07) is 7.85. The summed E-state index contributed by atoms with van der Waals surface area (Å²) in [6.07, 6.45) is 0. The minimum absolute atomic E-state index is 0.213.